The van der Waals surface area contributed by atoms with Crippen LogP contribution in [0.1, 0.15) is 41.7 Å². The van der Waals surface area contributed by atoms with E-state index in [0.29, 0.717) is 31.2 Å². The Morgan fingerprint density at radius 3 is 2.75 bits per heavy atom. The van der Waals surface area contributed by atoms with Crippen LogP contribution in [0.4, 0.5) is 8.78 Å². The van der Waals surface area contributed by atoms with Crippen LogP contribution in [0.2, 0.25) is 0 Å². The van der Waals surface area contributed by atoms with Crippen molar-refractivity contribution >= 4 is 17.2 Å². The summed E-state index contributed by atoms with van der Waals surface area (Å²) in [6.45, 7) is 2.80. The lowest BCUT2D eigenvalue weighted by Gasteiger charge is -2.44. The van der Waals surface area contributed by atoms with Crippen molar-refractivity contribution in [2.24, 2.45) is 5.92 Å². The maximum absolute atomic E-state index is 14.4. The van der Waals surface area contributed by atoms with Gasteiger partial charge in [0.25, 0.3) is 0 Å². The van der Waals surface area contributed by atoms with Gasteiger partial charge in [-0.15, -0.1) is 11.3 Å². The number of likely N-dealkylation sites (tertiary alicyclic amines) is 1. The molecule has 2 fully saturated rings. The Bertz CT molecular complexity index is 982. The summed E-state index contributed by atoms with van der Waals surface area (Å²) in [5.74, 6) is -0.430. The number of rotatable bonds is 6. The first-order valence-electron chi connectivity index (χ1n) is 11.6. The van der Waals surface area contributed by atoms with E-state index in [1.807, 2.05) is 18.0 Å². The van der Waals surface area contributed by atoms with E-state index >= 15 is 0 Å². The molecule has 0 bridgehead atoms. The summed E-state index contributed by atoms with van der Waals surface area (Å²) in [7, 11) is 1.88. The number of fused-ring (bicyclic) bond motifs is 2. The van der Waals surface area contributed by atoms with Gasteiger partial charge < -0.3 is 14.5 Å². The molecular weight excluding hydrogens is 430 g/mol. The highest BCUT2D eigenvalue weighted by atomic mass is 32.1. The minimum Gasteiger partial charge on any atom is -0.369 e. The van der Waals surface area contributed by atoms with Crippen molar-refractivity contribution in [3.8, 4) is 0 Å². The lowest BCUT2D eigenvalue weighted by Crippen LogP contribution is -2.49. The van der Waals surface area contributed by atoms with Gasteiger partial charge in [0.15, 0.2) is 5.13 Å². The molecule has 3 heterocycles. The molecule has 172 valence electrons. The number of nitrogens with zero attached hydrogens (tertiary/aromatic N) is 2. The van der Waals surface area contributed by atoms with Crippen molar-refractivity contribution in [3.63, 3.8) is 0 Å². The van der Waals surface area contributed by atoms with Gasteiger partial charge in [-0.05, 0) is 61.8 Å². The second-order valence-corrected chi connectivity index (χ2v) is 10.5. The molecule has 5 rings (SSSR count). The third-order valence-electron chi connectivity index (χ3n) is 7.30. The molecule has 0 radical (unpaired) electrons. The van der Waals surface area contributed by atoms with Crippen molar-refractivity contribution in [1.82, 2.24) is 9.80 Å². The summed E-state index contributed by atoms with van der Waals surface area (Å²) >= 11 is 1.22. The fourth-order valence-electron chi connectivity index (χ4n) is 5.26. The minimum atomic E-state index is -0.394. The molecule has 1 atom stereocenters. The normalized spacial score (nSPS) is 21.3. The molecule has 1 aromatic carbocycles. The van der Waals surface area contributed by atoms with Gasteiger partial charge in [0.2, 0.25) is 5.91 Å². The van der Waals surface area contributed by atoms with E-state index in [2.05, 4.69) is 4.90 Å². The standard InChI is InChI=1S/C25H30F2N2O2S/c1-28(20-6-7-20)24(30)19(14-17-4-2-3-5-21(17)26)16-29-11-9-25(10-12-29)23-18(8-13-31-25)15-22(27)32-23/h2-5,15,19-20H,6-14,16H2,1H3/t19-/m1/s1. The average molecular weight is 461 g/mol. The zero-order chi connectivity index (χ0) is 22.3. The molecule has 0 unspecified atom stereocenters. The van der Waals surface area contributed by atoms with Crippen LogP contribution >= 0.6 is 11.3 Å². The van der Waals surface area contributed by atoms with Crippen LogP contribution in [-0.2, 0) is 28.0 Å². The fourth-order valence-corrected chi connectivity index (χ4v) is 6.39. The summed E-state index contributed by atoms with van der Waals surface area (Å²) in [4.78, 5) is 18.5. The van der Waals surface area contributed by atoms with Crippen LogP contribution in [0.15, 0.2) is 30.3 Å². The Hall–Kier alpha value is -1.83. The molecule has 2 aromatic rings. The van der Waals surface area contributed by atoms with E-state index in [0.717, 1.165) is 55.6 Å². The highest BCUT2D eigenvalue weighted by Gasteiger charge is 2.43. The lowest BCUT2D eigenvalue weighted by atomic mass is 9.85. The third kappa shape index (κ3) is 4.35. The third-order valence-corrected chi connectivity index (χ3v) is 8.45. The fraction of sp³-hybridized carbons (Fsp3) is 0.560. The van der Waals surface area contributed by atoms with Crippen LogP contribution in [-0.4, -0.2) is 55.0 Å². The van der Waals surface area contributed by atoms with E-state index in [9.17, 15) is 13.6 Å². The molecule has 0 N–H and O–H groups in total. The number of carbonyl (C=O) groups is 1. The van der Waals surface area contributed by atoms with E-state index < -0.39 is 5.60 Å². The SMILES string of the molecule is CN(C(=O)[C@H](Cc1ccccc1F)CN1CCC2(CC1)OCCc1cc(F)sc12)C1CC1. The maximum Gasteiger partial charge on any atom is 0.227 e. The van der Waals surface area contributed by atoms with E-state index in [4.69, 9.17) is 4.74 Å². The summed E-state index contributed by atoms with van der Waals surface area (Å²) in [6, 6.07) is 8.74. The van der Waals surface area contributed by atoms with Crippen LogP contribution < -0.4 is 0 Å². The van der Waals surface area contributed by atoms with Crippen molar-refractivity contribution in [2.45, 2.75) is 50.2 Å². The van der Waals surface area contributed by atoms with Crippen LogP contribution in [0, 0.1) is 16.9 Å². The molecule has 1 aromatic heterocycles. The Labute approximate surface area is 192 Å². The molecule has 32 heavy (non-hydrogen) atoms. The highest BCUT2D eigenvalue weighted by Crippen LogP contribution is 2.45. The molecule has 1 saturated heterocycles. The number of amides is 1. The second-order valence-electron chi connectivity index (χ2n) is 9.47. The molecule has 1 aliphatic carbocycles. The number of hydrogen-bond acceptors (Lipinski definition) is 4. The number of carbonyl (C=O) groups excluding carboxylic acids is 1. The molecule has 2 aliphatic heterocycles. The van der Waals surface area contributed by atoms with E-state index in [-0.39, 0.29) is 22.8 Å². The molecule has 3 aliphatic rings. The first kappa shape index (κ1) is 22.0. The first-order valence-corrected chi connectivity index (χ1v) is 12.4. The Balaban J connectivity index is 1.29. The zero-order valence-electron chi connectivity index (χ0n) is 18.5. The van der Waals surface area contributed by atoms with Crippen molar-refractivity contribution < 1.29 is 18.3 Å². The van der Waals surface area contributed by atoms with Crippen molar-refractivity contribution in [2.75, 3.05) is 33.3 Å². The topological polar surface area (TPSA) is 32.8 Å². The molecular formula is C25H30F2N2O2S. The maximum atomic E-state index is 14.4. The van der Waals surface area contributed by atoms with Gasteiger partial charge in [0, 0.05) is 37.6 Å². The van der Waals surface area contributed by atoms with Gasteiger partial charge in [0.05, 0.1) is 12.5 Å². The average Bonchev–Trinajstić information content (AvgIpc) is 3.56. The van der Waals surface area contributed by atoms with E-state index in [1.165, 1.54) is 17.4 Å². The smallest absolute Gasteiger partial charge is 0.227 e. The monoisotopic (exact) mass is 460 g/mol. The van der Waals surface area contributed by atoms with Gasteiger partial charge >= 0.3 is 0 Å². The number of piperidine rings is 1. The van der Waals surface area contributed by atoms with Gasteiger partial charge in [-0.2, -0.15) is 4.39 Å². The number of hydrogen-bond donors (Lipinski definition) is 0. The molecule has 1 spiro atoms. The quantitative estimate of drug-likeness (QED) is 0.642. The summed E-state index contributed by atoms with van der Waals surface area (Å²) < 4.78 is 34.5. The largest absolute Gasteiger partial charge is 0.369 e. The van der Waals surface area contributed by atoms with Gasteiger partial charge in [-0.3, -0.25) is 4.79 Å². The summed E-state index contributed by atoms with van der Waals surface area (Å²) in [5.41, 5.74) is 1.29. The summed E-state index contributed by atoms with van der Waals surface area (Å²) in [5, 5.41) is -0.138. The van der Waals surface area contributed by atoms with Crippen LogP contribution in [0.3, 0.4) is 0 Å². The number of thiophene rings is 1. The number of benzene rings is 1. The Morgan fingerprint density at radius 2 is 2.03 bits per heavy atom. The predicted octanol–water partition coefficient (Wildman–Crippen LogP) is 4.37. The first-order chi connectivity index (χ1) is 15.4. The minimum absolute atomic E-state index is 0.104. The van der Waals surface area contributed by atoms with Gasteiger partial charge in [0.1, 0.15) is 11.4 Å². The van der Waals surface area contributed by atoms with Crippen LogP contribution in [0.5, 0.6) is 0 Å². The molecule has 4 nitrogen and oxygen atoms in total. The number of ether oxygens (including phenoxy) is 1. The molecule has 1 amide bonds. The van der Waals surface area contributed by atoms with Crippen LogP contribution in [0.25, 0.3) is 0 Å². The van der Waals surface area contributed by atoms with Gasteiger partial charge in [-0.25, -0.2) is 4.39 Å². The summed E-state index contributed by atoms with van der Waals surface area (Å²) in [6.07, 6.45) is 4.86. The highest BCUT2D eigenvalue weighted by molar-refractivity contribution is 7.10. The van der Waals surface area contributed by atoms with Gasteiger partial charge in [-0.1, -0.05) is 18.2 Å². The molecule has 1 saturated carbocycles. The van der Waals surface area contributed by atoms with E-state index in [1.54, 1.807) is 18.2 Å². The van der Waals surface area contributed by atoms with Crippen molar-refractivity contribution in [3.05, 3.63) is 57.3 Å². The zero-order valence-corrected chi connectivity index (χ0v) is 19.3. The molecule has 7 heteroatoms. The predicted molar refractivity (Wildman–Crippen MR) is 121 cm³/mol. The second kappa shape index (κ2) is 8.84. The lowest BCUT2D eigenvalue weighted by molar-refractivity contribution is -0.136. The Morgan fingerprint density at radius 1 is 1.28 bits per heavy atom. The van der Waals surface area contributed by atoms with Crippen molar-refractivity contribution in [1.29, 1.82) is 0 Å². The number of halogens is 2. The Kier molecular flexibility index (Phi) is 6.07.